The third-order valence-corrected chi connectivity index (χ3v) is 10.0. The van der Waals surface area contributed by atoms with Gasteiger partial charge in [-0.1, -0.05) is 43.5 Å². The van der Waals surface area contributed by atoms with E-state index in [1.54, 1.807) is 11.3 Å². The van der Waals surface area contributed by atoms with Gasteiger partial charge in [-0.3, -0.25) is 19.3 Å². The van der Waals surface area contributed by atoms with Crippen molar-refractivity contribution in [3.8, 4) is 10.6 Å². The maximum absolute atomic E-state index is 14.2. The van der Waals surface area contributed by atoms with Crippen LogP contribution in [0.2, 0.25) is 0 Å². The summed E-state index contributed by atoms with van der Waals surface area (Å²) < 4.78 is 5.37. The predicted molar refractivity (Wildman–Crippen MR) is 168 cm³/mol. The molecule has 4 heterocycles. The van der Waals surface area contributed by atoms with Gasteiger partial charge in [0.15, 0.2) is 0 Å². The summed E-state index contributed by atoms with van der Waals surface area (Å²) in [5.74, 6) is 0.357. The molecule has 1 N–H and O–H groups in total. The maximum atomic E-state index is 14.2. The van der Waals surface area contributed by atoms with Crippen molar-refractivity contribution >= 4 is 40.0 Å². The molecular formula is C33H41N5O4S. The van der Waals surface area contributed by atoms with Gasteiger partial charge in [-0.25, -0.2) is 4.98 Å². The second-order valence-corrected chi connectivity index (χ2v) is 12.9. The van der Waals surface area contributed by atoms with Crippen LogP contribution in [0.15, 0.2) is 41.8 Å². The number of nitrogens with one attached hydrogen (secondary N) is 1. The number of hydrogen-bond donors (Lipinski definition) is 1. The number of aromatic nitrogens is 1. The number of thiophene rings is 1. The predicted octanol–water partition coefficient (Wildman–Crippen LogP) is 4.16. The number of morpholine rings is 1. The van der Waals surface area contributed by atoms with Crippen molar-refractivity contribution in [2.24, 2.45) is 5.92 Å². The number of nitrogens with zero attached hydrogens (tertiary/aromatic N) is 4. The summed E-state index contributed by atoms with van der Waals surface area (Å²) in [5.41, 5.74) is 2.90. The fraction of sp³-hybridized carbons (Fsp3) is 0.515. The highest BCUT2D eigenvalue weighted by atomic mass is 32.1. The van der Waals surface area contributed by atoms with E-state index in [1.165, 1.54) is 19.3 Å². The lowest BCUT2D eigenvalue weighted by atomic mass is 9.84. The van der Waals surface area contributed by atoms with Crippen LogP contribution in [0, 0.1) is 5.92 Å². The Morgan fingerprint density at radius 2 is 1.84 bits per heavy atom. The number of carbonyl (C=O) groups is 3. The minimum absolute atomic E-state index is 0.0364. The normalized spacial score (nSPS) is 19.5. The third-order valence-electron chi connectivity index (χ3n) is 9.16. The molecule has 3 amide bonds. The molecule has 2 saturated heterocycles. The maximum Gasteiger partial charge on any atom is 0.252 e. The number of carbonyl (C=O) groups excluding carboxylic acids is 3. The van der Waals surface area contributed by atoms with Gasteiger partial charge in [0.2, 0.25) is 11.8 Å². The van der Waals surface area contributed by atoms with Gasteiger partial charge in [0, 0.05) is 49.7 Å². The first-order valence-electron chi connectivity index (χ1n) is 15.6. The van der Waals surface area contributed by atoms with E-state index >= 15 is 0 Å². The van der Waals surface area contributed by atoms with E-state index in [0.717, 1.165) is 39.9 Å². The largest absolute Gasteiger partial charge is 0.378 e. The molecule has 1 aliphatic carbocycles. The monoisotopic (exact) mass is 603 g/mol. The minimum atomic E-state index is -0.105. The van der Waals surface area contributed by atoms with Crippen LogP contribution < -0.4 is 5.32 Å². The molecule has 3 aliphatic rings. The Kier molecular flexibility index (Phi) is 9.35. The number of ether oxygens (including phenoxy) is 1. The first kappa shape index (κ1) is 29.7. The van der Waals surface area contributed by atoms with Gasteiger partial charge < -0.3 is 19.9 Å². The van der Waals surface area contributed by atoms with E-state index in [4.69, 9.17) is 9.72 Å². The van der Waals surface area contributed by atoms with Crippen LogP contribution in [0.1, 0.15) is 54.9 Å². The fourth-order valence-electron chi connectivity index (χ4n) is 6.67. The van der Waals surface area contributed by atoms with Crippen LogP contribution in [-0.2, 0) is 20.9 Å². The smallest absolute Gasteiger partial charge is 0.252 e. The van der Waals surface area contributed by atoms with Crippen LogP contribution in [0.4, 0.5) is 0 Å². The third kappa shape index (κ3) is 6.76. The van der Waals surface area contributed by atoms with E-state index in [2.05, 4.69) is 12.2 Å². The van der Waals surface area contributed by atoms with Gasteiger partial charge >= 0.3 is 0 Å². The summed E-state index contributed by atoms with van der Waals surface area (Å²) in [7, 11) is 0. The zero-order valence-corrected chi connectivity index (χ0v) is 25.7. The average Bonchev–Trinajstić information content (AvgIpc) is 3.58. The van der Waals surface area contributed by atoms with Gasteiger partial charge in [-0.15, -0.1) is 11.3 Å². The summed E-state index contributed by atoms with van der Waals surface area (Å²) in [6.07, 6.45) is 5.96. The summed E-state index contributed by atoms with van der Waals surface area (Å²) >= 11 is 1.58. The molecule has 1 saturated carbocycles. The number of amides is 3. The molecule has 2 aromatic heterocycles. The van der Waals surface area contributed by atoms with Crippen molar-refractivity contribution in [1.82, 2.24) is 25.0 Å². The molecule has 0 radical (unpaired) electrons. The highest BCUT2D eigenvalue weighted by Gasteiger charge is 2.31. The zero-order valence-electron chi connectivity index (χ0n) is 24.9. The topological polar surface area (TPSA) is 95.1 Å². The molecule has 0 unspecified atom stereocenters. The molecule has 1 atom stereocenters. The van der Waals surface area contributed by atoms with Crippen LogP contribution >= 0.6 is 11.3 Å². The molecule has 43 heavy (non-hydrogen) atoms. The number of piperazine rings is 1. The number of pyridine rings is 1. The summed E-state index contributed by atoms with van der Waals surface area (Å²) in [4.78, 5) is 52.1. The number of benzene rings is 1. The average molecular weight is 604 g/mol. The van der Waals surface area contributed by atoms with E-state index in [1.807, 2.05) is 56.5 Å². The lowest BCUT2D eigenvalue weighted by Gasteiger charge is -2.36. The lowest BCUT2D eigenvalue weighted by Crippen LogP contribution is -2.53. The molecule has 0 bridgehead atoms. The molecule has 3 fully saturated rings. The molecule has 2 aliphatic heterocycles. The Morgan fingerprint density at radius 1 is 1.05 bits per heavy atom. The van der Waals surface area contributed by atoms with Crippen molar-refractivity contribution in [3.05, 3.63) is 52.9 Å². The van der Waals surface area contributed by atoms with Gasteiger partial charge in [0.05, 0.1) is 48.0 Å². The molecule has 9 nitrogen and oxygen atoms in total. The number of para-hydroxylation sites is 1. The van der Waals surface area contributed by atoms with Crippen LogP contribution in [0.25, 0.3) is 21.5 Å². The number of fused-ring (bicyclic) bond motifs is 1. The van der Waals surface area contributed by atoms with Gasteiger partial charge in [0.25, 0.3) is 5.91 Å². The molecule has 228 valence electrons. The second kappa shape index (κ2) is 13.5. The van der Waals surface area contributed by atoms with Crippen molar-refractivity contribution in [3.63, 3.8) is 0 Å². The van der Waals surface area contributed by atoms with Crippen LogP contribution in [0.3, 0.4) is 0 Å². The highest BCUT2D eigenvalue weighted by Crippen LogP contribution is 2.34. The zero-order chi connectivity index (χ0) is 29.8. The first-order chi connectivity index (χ1) is 21.0. The van der Waals surface area contributed by atoms with Crippen LogP contribution in [-0.4, -0.2) is 95.9 Å². The van der Waals surface area contributed by atoms with E-state index in [9.17, 15) is 14.4 Å². The van der Waals surface area contributed by atoms with Crippen LogP contribution in [0.5, 0.6) is 0 Å². The minimum Gasteiger partial charge on any atom is -0.378 e. The molecule has 1 aromatic carbocycles. The van der Waals surface area contributed by atoms with Crippen molar-refractivity contribution < 1.29 is 19.1 Å². The second-order valence-electron chi connectivity index (χ2n) is 12.0. The fourth-order valence-corrected chi connectivity index (χ4v) is 7.41. The van der Waals surface area contributed by atoms with E-state index in [0.29, 0.717) is 50.9 Å². The van der Waals surface area contributed by atoms with E-state index < -0.39 is 0 Å². The summed E-state index contributed by atoms with van der Waals surface area (Å²) in [6, 6.07) is 11.9. The van der Waals surface area contributed by atoms with E-state index in [-0.39, 0.29) is 43.4 Å². The Balaban J connectivity index is 1.27. The lowest BCUT2D eigenvalue weighted by molar-refractivity contribution is -0.141. The van der Waals surface area contributed by atoms with Gasteiger partial charge in [0.1, 0.15) is 0 Å². The Bertz CT molecular complexity index is 1450. The summed E-state index contributed by atoms with van der Waals surface area (Å²) in [5, 5.41) is 6.16. The highest BCUT2D eigenvalue weighted by molar-refractivity contribution is 7.13. The molecule has 6 rings (SSSR count). The van der Waals surface area contributed by atoms with Gasteiger partial charge in [-0.05, 0) is 43.2 Å². The van der Waals surface area contributed by atoms with Crippen molar-refractivity contribution in [2.75, 3.05) is 52.5 Å². The number of rotatable bonds is 8. The molecule has 0 spiro atoms. The first-order valence-corrected chi connectivity index (χ1v) is 16.5. The SMILES string of the molecule is C[C@H](NC(=O)c1c(CN2CCN(CC(=O)N3CCOCC3)CC2=O)c(-c2cccs2)nc2ccccc12)C1CCCCC1. The quantitative estimate of drug-likeness (QED) is 0.416. The van der Waals surface area contributed by atoms with Crippen molar-refractivity contribution in [1.29, 1.82) is 0 Å². The Labute approximate surface area is 257 Å². The Morgan fingerprint density at radius 3 is 2.58 bits per heavy atom. The molecular weight excluding hydrogens is 562 g/mol. The Hall–Kier alpha value is -3.34. The molecule has 10 heteroatoms. The van der Waals surface area contributed by atoms with Crippen molar-refractivity contribution in [2.45, 2.75) is 51.6 Å². The summed E-state index contributed by atoms with van der Waals surface area (Å²) in [6.45, 7) is 6.18. The molecule has 3 aromatic rings. The van der Waals surface area contributed by atoms with Gasteiger partial charge in [-0.2, -0.15) is 0 Å². The standard InChI is InChI=1S/C33H41N5O4S/c1-23(24-8-3-2-4-9-24)34-33(41)31-25-10-5-6-11-27(25)35-32(28-12-7-19-43-28)26(31)20-38-14-13-36(22-30(38)40)21-29(39)37-15-17-42-18-16-37/h5-7,10-12,19,23-24H,2-4,8-9,13-18,20-22H2,1H3,(H,34,41)/t23-/m0/s1. The number of hydrogen-bond acceptors (Lipinski definition) is 7.